The Balaban J connectivity index is 1.95. The zero-order chi connectivity index (χ0) is 17.1. The quantitative estimate of drug-likeness (QED) is 0.413. The summed E-state index contributed by atoms with van der Waals surface area (Å²) in [6, 6.07) is 14.4. The molecule has 0 radical (unpaired) electrons. The predicted octanol–water partition coefficient (Wildman–Crippen LogP) is 4.84. The third-order valence-electron chi connectivity index (χ3n) is 4.81. The standard InChI is InChI=1S/C21H17N2O2/c1-12-8-9-15-19-14-6-4-5-7-17(14)24-21(19)25-20(15)18(12)16-10-13(2)22-11-23(16)3/h4-11H,1-3H3/q+1. The van der Waals surface area contributed by atoms with Gasteiger partial charge in [-0.3, -0.25) is 0 Å². The molecule has 4 heteroatoms. The number of benzene rings is 2. The largest absolute Gasteiger partial charge is 0.425 e. The molecule has 0 amide bonds. The highest BCUT2D eigenvalue weighted by Gasteiger charge is 2.22. The van der Waals surface area contributed by atoms with Crippen LogP contribution in [0.2, 0.25) is 0 Å². The van der Waals surface area contributed by atoms with Crippen molar-refractivity contribution in [3.05, 3.63) is 60.0 Å². The molecule has 122 valence electrons. The van der Waals surface area contributed by atoms with Crippen LogP contribution in [0.3, 0.4) is 0 Å². The molecule has 0 N–H and O–H groups in total. The molecule has 2 aromatic carbocycles. The summed E-state index contributed by atoms with van der Waals surface area (Å²) in [5.41, 5.74) is 6.02. The molecule has 0 saturated heterocycles. The van der Waals surface area contributed by atoms with E-state index in [-0.39, 0.29) is 0 Å². The van der Waals surface area contributed by atoms with Crippen molar-refractivity contribution in [3.8, 4) is 11.3 Å². The van der Waals surface area contributed by atoms with Crippen LogP contribution < -0.4 is 4.57 Å². The fourth-order valence-electron chi connectivity index (χ4n) is 3.57. The molecule has 3 heterocycles. The second-order valence-corrected chi connectivity index (χ2v) is 6.52. The summed E-state index contributed by atoms with van der Waals surface area (Å²) in [5.74, 6) is 0.580. The molecule has 5 rings (SSSR count). The van der Waals surface area contributed by atoms with Crippen LogP contribution in [-0.4, -0.2) is 4.98 Å². The van der Waals surface area contributed by atoms with Gasteiger partial charge in [0.2, 0.25) is 0 Å². The summed E-state index contributed by atoms with van der Waals surface area (Å²) in [6.07, 6.45) is 1.84. The van der Waals surface area contributed by atoms with E-state index in [9.17, 15) is 0 Å². The van der Waals surface area contributed by atoms with Gasteiger partial charge in [0.05, 0.1) is 18.0 Å². The van der Waals surface area contributed by atoms with Crippen LogP contribution in [0, 0.1) is 13.8 Å². The highest BCUT2D eigenvalue weighted by Crippen LogP contribution is 2.41. The maximum Gasteiger partial charge on any atom is 0.299 e. The number of para-hydroxylation sites is 1. The average molecular weight is 329 g/mol. The Morgan fingerprint density at radius 2 is 1.80 bits per heavy atom. The predicted molar refractivity (Wildman–Crippen MR) is 97.4 cm³/mol. The Hall–Kier alpha value is -3.14. The van der Waals surface area contributed by atoms with Crippen molar-refractivity contribution >= 4 is 33.1 Å². The molecule has 3 aromatic heterocycles. The van der Waals surface area contributed by atoms with Crippen LogP contribution in [-0.2, 0) is 7.05 Å². The van der Waals surface area contributed by atoms with Crippen LogP contribution in [0.15, 0.2) is 57.6 Å². The fourth-order valence-corrected chi connectivity index (χ4v) is 3.57. The summed E-state index contributed by atoms with van der Waals surface area (Å²) < 4.78 is 14.2. The van der Waals surface area contributed by atoms with Crippen LogP contribution in [0.1, 0.15) is 11.3 Å². The highest BCUT2D eigenvalue weighted by atomic mass is 16.5. The Bertz CT molecular complexity index is 1280. The van der Waals surface area contributed by atoms with E-state index >= 15 is 0 Å². The van der Waals surface area contributed by atoms with Gasteiger partial charge in [0.25, 0.3) is 12.1 Å². The third-order valence-corrected chi connectivity index (χ3v) is 4.81. The molecular weight excluding hydrogens is 312 g/mol. The van der Waals surface area contributed by atoms with Crippen LogP contribution in [0.25, 0.3) is 44.4 Å². The first-order valence-electron chi connectivity index (χ1n) is 8.29. The average Bonchev–Trinajstić information content (AvgIpc) is 3.13. The second kappa shape index (κ2) is 4.93. The summed E-state index contributed by atoms with van der Waals surface area (Å²) >= 11 is 0. The van der Waals surface area contributed by atoms with Gasteiger partial charge in [-0.15, -0.1) is 0 Å². The minimum Gasteiger partial charge on any atom is -0.425 e. The maximum atomic E-state index is 6.20. The van der Waals surface area contributed by atoms with Crippen molar-refractivity contribution in [2.24, 2.45) is 7.05 Å². The Morgan fingerprint density at radius 3 is 2.68 bits per heavy atom. The summed E-state index contributed by atoms with van der Waals surface area (Å²) in [7, 11) is 2.00. The van der Waals surface area contributed by atoms with Crippen LogP contribution >= 0.6 is 0 Å². The second-order valence-electron chi connectivity index (χ2n) is 6.52. The van der Waals surface area contributed by atoms with Gasteiger partial charge in [0.1, 0.15) is 11.3 Å². The molecule has 4 nitrogen and oxygen atoms in total. The molecule has 0 fully saturated rings. The lowest BCUT2D eigenvalue weighted by atomic mass is 10.0. The number of hydrogen-bond donors (Lipinski definition) is 0. The van der Waals surface area contributed by atoms with Crippen molar-refractivity contribution in [2.75, 3.05) is 0 Å². The number of fused-ring (bicyclic) bond motifs is 5. The van der Waals surface area contributed by atoms with Crippen molar-refractivity contribution < 1.29 is 13.4 Å². The lowest BCUT2D eigenvalue weighted by molar-refractivity contribution is -0.663. The number of rotatable bonds is 1. The van der Waals surface area contributed by atoms with Crippen LogP contribution in [0.4, 0.5) is 0 Å². The molecule has 0 aliphatic heterocycles. The summed E-state index contributed by atoms with van der Waals surface area (Å²) in [4.78, 5) is 4.36. The van der Waals surface area contributed by atoms with E-state index in [0.717, 1.165) is 49.8 Å². The van der Waals surface area contributed by atoms with Crippen molar-refractivity contribution in [1.82, 2.24) is 4.98 Å². The van der Waals surface area contributed by atoms with Gasteiger partial charge < -0.3 is 8.83 Å². The molecule has 0 aliphatic rings. The minimum atomic E-state index is 0.580. The zero-order valence-electron chi connectivity index (χ0n) is 14.3. The van der Waals surface area contributed by atoms with Crippen molar-refractivity contribution in [3.63, 3.8) is 0 Å². The lowest BCUT2D eigenvalue weighted by Crippen LogP contribution is -2.31. The first kappa shape index (κ1) is 14.2. The maximum absolute atomic E-state index is 6.20. The minimum absolute atomic E-state index is 0.580. The Morgan fingerprint density at radius 1 is 0.960 bits per heavy atom. The molecule has 5 aromatic rings. The monoisotopic (exact) mass is 329 g/mol. The summed E-state index contributed by atoms with van der Waals surface area (Å²) in [6.45, 7) is 4.10. The first-order valence-corrected chi connectivity index (χ1v) is 8.29. The fraction of sp³-hybridized carbons (Fsp3) is 0.143. The number of furan rings is 2. The zero-order valence-corrected chi connectivity index (χ0v) is 14.3. The van der Waals surface area contributed by atoms with Crippen molar-refractivity contribution in [1.29, 1.82) is 0 Å². The van der Waals surface area contributed by atoms with Gasteiger partial charge in [0.15, 0.2) is 11.3 Å². The number of aryl methyl sites for hydroxylation is 3. The molecule has 0 spiro atoms. The molecule has 0 aliphatic carbocycles. The van der Waals surface area contributed by atoms with Gasteiger partial charge in [0, 0.05) is 23.8 Å². The SMILES string of the molecule is Cc1cc(-c2c(C)ccc3c2oc2oc4ccccc4c23)[n+](C)cn1. The molecule has 0 unspecified atom stereocenters. The third kappa shape index (κ3) is 1.94. The Labute approximate surface area is 144 Å². The lowest BCUT2D eigenvalue weighted by Gasteiger charge is -2.07. The first-order chi connectivity index (χ1) is 12.1. The van der Waals surface area contributed by atoms with Gasteiger partial charge in [-0.2, -0.15) is 0 Å². The van der Waals surface area contributed by atoms with Crippen LogP contribution in [0.5, 0.6) is 0 Å². The van der Waals surface area contributed by atoms with E-state index < -0.39 is 0 Å². The van der Waals surface area contributed by atoms with E-state index in [2.05, 4.69) is 36.2 Å². The molecule has 25 heavy (non-hydrogen) atoms. The number of nitrogens with zero attached hydrogens (tertiary/aromatic N) is 2. The Kier molecular flexibility index (Phi) is 2.80. The van der Waals surface area contributed by atoms with E-state index in [4.69, 9.17) is 8.83 Å². The van der Waals surface area contributed by atoms with E-state index in [0.29, 0.717) is 5.78 Å². The molecule has 0 saturated carbocycles. The van der Waals surface area contributed by atoms with Crippen molar-refractivity contribution in [2.45, 2.75) is 13.8 Å². The summed E-state index contributed by atoms with van der Waals surface area (Å²) in [5, 5.41) is 3.21. The topological polar surface area (TPSA) is 43.0 Å². The van der Waals surface area contributed by atoms with E-state index in [1.807, 2.05) is 43.1 Å². The number of hydrogen-bond acceptors (Lipinski definition) is 3. The van der Waals surface area contributed by atoms with Gasteiger partial charge in [-0.25, -0.2) is 4.57 Å². The normalized spacial score (nSPS) is 11.8. The van der Waals surface area contributed by atoms with Gasteiger partial charge >= 0.3 is 0 Å². The van der Waals surface area contributed by atoms with Gasteiger partial charge in [-0.05, 0) is 18.6 Å². The smallest absolute Gasteiger partial charge is 0.299 e. The highest BCUT2D eigenvalue weighted by molar-refractivity contribution is 6.19. The molecule has 0 atom stereocenters. The number of aromatic nitrogens is 2. The molecular formula is C21H17N2O2+. The van der Waals surface area contributed by atoms with E-state index in [1.54, 1.807) is 0 Å². The molecule has 0 bridgehead atoms. The van der Waals surface area contributed by atoms with E-state index in [1.165, 1.54) is 0 Å². The van der Waals surface area contributed by atoms with Gasteiger partial charge in [-0.1, -0.05) is 35.3 Å².